The summed E-state index contributed by atoms with van der Waals surface area (Å²) in [6.45, 7) is 1.83. The van der Waals surface area contributed by atoms with Crippen molar-refractivity contribution in [3.8, 4) is 5.75 Å². The van der Waals surface area contributed by atoms with E-state index in [9.17, 15) is 9.59 Å². The van der Waals surface area contributed by atoms with Gasteiger partial charge < -0.3 is 15.2 Å². The van der Waals surface area contributed by atoms with Gasteiger partial charge >= 0.3 is 5.97 Å². The van der Waals surface area contributed by atoms with Crippen molar-refractivity contribution in [1.82, 2.24) is 5.32 Å². The average molecular weight is 379 g/mol. The van der Waals surface area contributed by atoms with Crippen LogP contribution in [0, 0.1) is 6.92 Å². The van der Waals surface area contributed by atoms with Crippen molar-refractivity contribution in [2.24, 2.45) is 0 Å². The number of para-hydroxylation sites is 1. The quantitative estimate of drug-likeness (QED) is 0.706. The van der Waals surface area contributed by atoms with Gasteiger partial charge in [0.15, 0.2) is 5.11 Å². The van der Waals surface area contributed by atoms with Crippen LogP contribution in [0.2, 0.25) is 5.02 Å². The molecule has 0 fully saturated rings. The summed E-state index contributed by atoms with van der Waals surface area (Å²) in [4.78, 5) is 23.3. The van der Waals surface area contributed by atoms with Crippen LogP contribution in [0.1, 0.15) is 26.3 Å². The minimum absolute atomic E-state index is 0.0216. The summed E-state index contributed by atoms with van der Waals surface area (Å²) < 4.78 is 5.25. The Morgan fingerprint density at radius 1 is 1.20 bits per heavy atom. The monoisotopic (exact) mass is 378 g/mol. The number of thiocarbonyl (C=S) groups is 1. The van der Waals surface area contributed by atoms with Gasteiger partial charge in [0.05, 0.1) is 23.3 Å². The van der Waals surface area contributed by atoms with Crippen molar-refractivity contribution in [2.75, 3.05) is 12.4 Å². The van der Waals surface area contributed by atoms with Crippen LogP contribution in [-0.4, -0.2) is 29.2 Å². The molecule has 130 valence electrons. The third kappa shape index (κ3) is 4.46. The van der Waals surface area contributed by atoms with E-state index in [1.165, 1.54) is 25.3 Å². The molecule has 2 aromatic rings. The first-order valence-corrected chi connectivity index (χ1v) is 7.91. The number of carboxylic acid groups (broad SMARTS) is 1. The molecular formula is C17H15ClN2O4S. The summed E-state index contributed by atoms with van der Waals surface area (Å²) in [5.74, 6) is -1.08. The third-order valence-electron chi connectivity index (χ3n) is 3.35. The molecule has 0 saturated carbocycles. The lowest BCUT2D eigenvalue weighted by Gasteiger charge is -2.13. The molecule has 0 saturated heterocycles. The predicted octanol–water partition coefficient (Wildman–Crippen LogP) is 3.48. The molecule has 0 unspecified atom stereocenters. The largest absolute Gasteiger partial charge is 0.496 e. The van der Waals surface area contributed by atoms with E-state index in [2.05, 4.69) is 10.6 Å². The van der Waals surface area contributed by atoms with Crippen molar-refractivity contribution < 1.29 is 19.4 Å². The summed E-state index contributed by atoms with van der Waals surface area (Å²) >= 11 is 11.0. The molecule has 0 aromatic heterocycles. The van der Waals surface area contributed by atoms with E-state index < -0.39 is 11.9 Å². The highest BCUT2D eigenvalue weighted by atomic mass is 35.5. The number of amides is 1. The van der Waals surface area contributed by atoms with Gasteiger partial charge in [-0.05, 0) is 49.0 Å². The molecule has 2 rings (SSSR count). The molecule has 6 nitrogen and oxygen atoms in total. The first-order chi connectivity index (χ1) is 11.8. The average Bonchev–Trinajstić information content (AvgIpc) is 2.54. The number of methoxy groups -OCH3 is 1. The number of hydrogen-bond acceptors (Lipinski definition) is 4. The fourth-order valence-electron chi connectivity index (χ4n) is 2.20. The van der Waals surface area contributed by atoms with E-state index in [4.69, 9.17) is 33.7 Å². The molecule has 25 heavy (non-hydrogen) atoms. The summed E-state index contributed by atoms with van der Waals surface area (Å²) in [5, 5.41) is 14.4. The summed E-state index contributed by atoms with van der Waals surface area (Å²) in [5.41, 5.74) is 1.61. The van der Waals surface area contributed by atoms with Crippen LogP contribution in [0.4, 0.5) is 5.69 Å². The molecule has 8 heteroatoms. The van der Waals surface area contributed by atoms with Gasteiger partial charge in [0.2, 0.25) is 0 Å². The Kier molecular flexibility index (Phi) is 5.95. The van der Waals surface area contributed by atoms with Crippen molar-refractivity contribution in [1.29, 1.82) is 0 Å². The topological polar surface area (TPSA) is 87.7 Å². The Morgan fingerprint density at radius 2 is 1.92 bits per heavy atom. The fourth-order valence-corrected chi connectivity index (χ4v) is 2.67. The van der Waals surface area contributed by atoms with Crippen LogP contribution in [-0.2, 0) is 0 Å². The highest BCUT2D eigenvalue weighted by Crippen LogP contribution is 2.23. The van der Waals surface area contributed by atoms with Crippen LogP contribution < -0.4 is 15.4 Å². The summed E-state index contributed by atoms with van der Waals surface area (Å²) in [6, 6.07) is 9.47. The van der Waals surface area contributed by atoms with Crippen LogP contribution in [0.3, 0.4) is 0 Å². The molecule has 0 bridgehead atoms. The second-order valence-electron chi connectivity index (χ2n) is 5.06. The smallest absolute Gasteiger partial charge is 0.337 e. The number of benzene rings is 2. The zero-order chi connectivity index (χ0) is 18.6. The Hall–Kier alpha value is -2.64. The molecule has 0 aliphatic rings. The predicted molar refractivity (Wildman–Crippen MR) is 99.8 cm³/mol. The number of ether oxygens (including phenoxy) is 1. The molecular weight excluding hydrogens is 364 g/mol. The van der Waals surface area contributed by atoms with E-state index >= 15 is 0 Å². The Labute approximate surface area is 154 Å². The Bertz CT molecular complexity index is 855. The van der Waals surface area contributed by atoms with Gasteiger partial charge in [0.25, 0.3) is 5.91 Å². The lowest BCUT2D eigenvalue weighted by atomic mass is 10.1. The van der Waals surface area contributed by atoms with Crippen molar-refractivity contribution in [2.45, 2.75) is 6.92 Å². The molecule has 1 amide bonds. The van der Waals surface area contributed by atoms with Gasteiger partial charge in [0.1, 0.15) is 5.75 Å². The van der Waals surface area contributed by atoms with E-state index in [0.717, 1.165) is 5.56 Å². The second kappa shape index (κ2) is 7.96. The van der Waals surface area contributed by atoms with Gasteiger partial charge in [-0.2, -0.15) is 0 Å². The van der Waals surface area contributed by atoms with Gasteiger partial charge in [-0.3, -0.25) is 10.1 Å². The Balaban J connectivity index is 2.10. The number of nitrogens with one attached hydrogen (secondary N) is 2. The van der Waals surface area contributed by atoms with Crippen LogP contribution >= 0.6 is 23.8 Å². The first kappa shape index (κ1) is 18.7. The molecule has 0 heterocycles. The minimum atomic E-state index is -1.13. The molecule has 0 atom stereocenters. The van der Waals surface area contributed by atoms with Crippen molar-refractivity contribution >= 4 is 46.5 Å². The standard InChI is InChI=1S/C17H15ClN2O4S/c1-9-4-3-5-12(14(9)24-2)15(21)20-17(25)19-10-6-7-11(16(22)23)13(18)8-10/h3-8H,1-2H3,(H,22,23)(H2,19,20,21,25). The number of rotatable bonds is 4. The summed E-state index contributed by atoms with van der Waals surface area (Å²) in [6.07, 6.45) is 0. The first-order valence-electron chi connectivity index (χ1n) is 7.12. The third-order valence-corrected chi connectivity index (χ3v) is 3.86. The molecule has 0 spiro atoms. The number of halogens is 1. The van der Waals surface area contributed by atoms with Gasteiger partial charge in [-0.25, -0.2) is 4.79 Å². The van der Waals surface area contributed by atoms with Gasteiger partial charge in [-0.15, -0.1) is 0 Å². The molecule has 0 aliphatic carbocycles. The number of aromatic carboxylic acids is 1. The van der Waals surface area contributed by atoms with Crippen LogP contribution in [0.5, 0.6) is 5.75 Å². The molecule has 3 N–H and O–H groups in total. The fraction of sp³-hybridized carbons (Fsp3) is 0.118. The van der Waals surface area contributed by atoms with Crippen LogP contribution in [0.25, 0.3) is 0 Å². The summed E-state index contributed by atoms with van der Waals surface area (Å²) in [7, 11) is 1.49. The maximum Gasteiger partial charge on any atom is 0.337 e. The second-order valence-corrected chi connectivity index (χ2v) is 5.88. The van der Waals surface area contributed by atoms with Gasteiger partial charge in [0, 0.05) is 5.69 Å². The van der Waals surface area contributed by atoms with Crippen LogP contribution in [0.15, 0.2) is 36.4 Å². The lowest BCUT2D eigenvalue weighted by molar-refractivity contribution is 0.0697. The number of carboxylic acids is 1. The molecule has 0 aliphatic heterocycles. The number of carbonyl (C=O) groups is 2. The normalized spacial score (nSPS) is 10.0. The zero-order valence-corrected chi connectivity index (χ0v) is 15.0. The minimum Gasteiger partial charge on any atom is -0.496 e. The van der Waals surface area contributed by atoms with Crippen molar-refractivity contribution in [3.05, 3.63) is 58.1 Å². The Morgan fingerprint density at radius 3 is 2.52 bits per heavy atom. The number of anilines is 1. The van der Waals surface area contributed by atoms with Crippen molar-refractivity contribution in [3.63, 3.8) is 0 Å². The maximum absolute atomic E-state index is 12.4. The molecule has 0 radical (unpaired) electrons. The number of aryl methyl sites for hydroxylation is 1. The highest BCUT2D eigenvalue weighted by Gasteiger charge is 2.15. The van der Waals surface area contributed by atoms with E-state index in [1.807, 2.05) is 13.0 Å². The lowest BCUT2D eigenvalue weighted by Crippen LogP contribution is -2.34. The zero-order valence-electron chi connectivity index (χ0n) is 13.4. The number of carbonyl (C=O) groups excluding carboxylic acids is 1. The number of hydrogen-bond donors (Lipinski definition) is 3. The van der Waals surface area contributed by atoms with E-state index in [1.54, 1.807) is 12.1 Å². The molecule has 2 aromatic carbocycles. The van der Waals surface area contributed by atoms with E-state index in [0.29, 0.717) is 17.0 Å². The highest BCUT2D eigenvalue weighted by molar-refractivity contribution is 7.80. The van der Waals surface area contributed by atoms with Gasteiger partial charge in [-0.1, -0.05) is 23.7 Å². The SMILES string of the molecule is COc1c(C)cccc1C(=O)NC(=S)Nc1ccc(C(=O)O)c(Cl)c1. The van der Waals surface area contributed by atoms with E-state index in [-0.39, 0.29) is 15.7 Å². The maximum atomic E-state index is 12.4.